The van der Waals surface area contributed by atoms with Crippen molar-refractivity contribution in [2.75, 3.05) is 0 Å². The normalized spacial score (nSPS) is 12.0. The highest BCUT2D eigenvalue weighted by Crippen LogP contribution is 2.23. The van der Waals surface area contributed by atoms with Crippen LogP contribution < -0.4 is 5.43 Å². The first-order chi connectivity index (χ1) is 12.8. The van der Waals surface area contributed by atoms with Crippen molar-refractivity contribution in [1.29, 1.82) is 0 Å². The van der Waals surface area contributed by atoms with Crippen LogP contribution in [0.1, 0.15) is 43.2 Å². The van der Waals surface area contributed by atoms with Crippen molar-refractivity contribution in [2.45, 2.75) is 39.5 Å². The first-order valence-electron chi connectivity index (χ1n) is 9.22. The Morgan fingerprint density at radius 2 is 1.78 bits per heavy atom. The number of hydrogen-bond donors (Lipinski definition) is 1. The van der Waals surface area contributed by atoms with Crippen LogP contribution in [-0.2, 0) is 23.7 Å². The lowest BCUT2D eigenvalue weighted by Gasteiger charge is -2.19. The van der Waals surface area contributed by atoms with Gasteiger partial charge in [-0.2, -0.15) is 5.10 Å². The van der Waals surface area contributed by atoms with Crippen molar-refractivity contribution < 1.29 is 4.79 Å². The zero-order chi connectivity index (χ0) is 19.6. The molecule has 0 fully saturated rings. The summed E-state index contributed by atoms with van der Waals surface area (Å²) in [6.45, 7) is 8.59. The van der Waals surface area contributed by atoms with Crippen molar-refractivity contribution in [3.8, 4) is 0 Å². The molecule has 1 N–H and O–H groups in total. The smallest absolute Gasteiger partial charge is 0.244 e. The Morgan fingerprint density at radius 1 is 1.11 bits per heavy atom. The van der Waals surface area contributed by atoms with Gasteiger partial charge in [0.1, 0.15) is 0 Å². The van der Waals surface area contributed by atoms with Gasteiger partial charge in [0.25, 0.3) is 0 Å². The van der Waals surface area contributed by atoms with Crippen molar-refractivity contribution in [3.05, 3.63) is 70.9 Å². The Kier molecular flexibility index (Phi) is 5.17. The van der Waals surface area contributed by atoms with Gasteiger partial charge >= 0.3 is 0 Å². The van der Waals surface area contributed by atoms with Crippen molar-refractivity contribution in [1.82, 2.24) is 9.99 Å². The molecule has 27 heavy (non-hydrogen) atoms. The number of para-hydroxylation sites is 1. The van der Waals surface area contributed by atoms with Crippen LogP contribution >= 0.6 is 0 Å². The molecule has 1 aromatic heterocycles. The highest BCUT2D eigenvalue weighted by Gasteiger charge is 2.13. The number of carbonyl (C=O) groups is 1. The monoisotopic (exact) mass is 361 g/mol. The molecule has 0 aliphatic heterocycles. The van der Waals surface area contributed by atoms with Gasteiger partial charge in [0.2, 0.25) is 5.91 Å². The maximum Gasteiger partial charge on any atom is 0.244 e. The minimum atomic E-state index is -0.118. The molecule has 2 aromatic carbocycles. The first-order valence-corrected chi connectivity index (χ1v) is 9.22. The largest absolute Gasteiger partial charge is 0.347 e. The van der Waals surface area contributed by atoms with E-state index in [4.69, 9.17) is 0 Å². The summed E-state index contributed by atoms with van der Waals surface area (Å²) in [5.74, 6) is -0.118. The van der Waals surface area contributed by atoms with E-state index >= 15 is 0 Å². The highest BCUT2D eigenvalue weighted by molar-refractivity contribution is 6.01. The molecule has 4 nitrogen and oxygen atoms in total. The molecule has 1 amide bonds. The number of rotatable bonds is 4. The molecule has 0 saturated heterocycles. The van der Waals surface area contributed by atoms with Crippen LogP contribution in [0.15, 0.2) is 53.6 Å². The van der Waals surface area contributed by atoms with Gasteiger partial charge in [0.05, 0.1) is 12.6 Å². The lowest BCUT2D eigenvalue weighted by atomic mass is 9.86. The molecule has 0 bridgehead atoms. The Labute approximate surface area is 160 Å². The molecule has 0 spiro atoms. The Balaban J connectivity index is 1.67. The van der Waals surface area contributed by atoms with E-state index in [-0.39, 0.29) is 11.3 Å². The van der Waals surface area contributed by atoms with Gasteiger partial charge in [0.15, 0.2) is 0 Å². The van der Waals surface area contributed by atoms with Crippen LogP contribution in [0, 0.1) is 6.92 Å². The molecule has 4 heteroatoms. The number of hydrazone groups is 1. The van der Waals surface area contributed by atoms with Gasteiger partial charge in [-0.3, -0.25) is 4.79 Å². The van der Waals surface area contributed by atoms with Gasteiger partial charge < -0.3 is 4.57 Å². The summed E-state index contributed by atoms with van der Waals surface area (Å²) in [5, 5.41) is 5.31. The van der Waals surface area contributed by atoms with Gasteiger partial charge in [0, 0.05) is 29.2 Å². The summed E-state index contributed by atoms with van der Waals surface area (Å²) < 4.78 is 2.13. The summed E-state index contributed by atoms with van der Waals surface area (Å²) in [7, 11) is 2.04. The highest BCUT2D eigenvalue weighted by atomic mass is 16.2. The van der Waals surface area contributed by atoms with Crippen LogP contribution in [0.3, 0.4) is 0 Å². The quantitative estimate of drug-likeness (QED) is 0.541. The van der Waals surface area contributed by atoms with E-state index in [0.29, 0.717) is 6.42 Å². The van der Waals surface area contributed by atoms with Crippen LogP contribution in [0.25, 0.3) is 10.9 Å². The maximum absolute atomic E-state index is 12.2. The maximum atomic E-state index is 12.2. The molecule has 1 heterocycles. The molecule has 3 aromatic rings. The van der Waals surface area contributed by atoms with Gasteiger partial charge in [-0.15, -0.1) is 0 Å². The van der Waals surface area contributed by atoms with Crippen LogP contribution in [0.4, 0.5) is 0 Å². The van der Waals surface area contributed by atoms with Gasteiger partial charge in [-0.1, -0.05) is 63.2 Å². The van der Waals surface area contributed by atoms with Crippen molar-refractivity contribution in [3.63, 3.8) is 0 Å². The second-order valence-electron chi connectivity index (χ2n) is 7.99. The zero-order valence-electron chi connectivity index (χ0n) is 16.7. The van der Waals surface area contributed by atoms with E-state index in [1.54, 1.807) is 6.21 Å². The van der Waals surface area contributed by atoms with E-state index in [2.05, 4.69) is 67.1 Å². The van der Waals surface area contributed by atoms with Gasteiger partial charge in [-0.05, 0) is 29.5 Å². The van der Waals surface area contributed by atoms with E-state index in [0.717, 1.165) is 27.7 Å². The molecule has 0 unspecified atom stereocenters. The lowest BCUT2D eigenvalue weighted by molar-refractivity contribution is -0.120. The zero-order valence-corrected chi connectivity index (χ0v) is 16.7. The second kappa shape index (κ2) is 7.39. The predicted molar refractivity (Wildman–Crippen MR) is 112 cm³/mol. The van der Waals surface area contributed by atoms with Crippen LogP contribution in [0.5, 0.6) is 0 Å². The summed E-state index contributed by atoms with van der Waals surface area (Å²) in [5.41, 5.74) is 8.31. The molecule has 0 aliphatic rings. The fraction of sp³-hybridized carbons (Fsp3) is 0.304. The van der Waals surface area contributed by atoms with E-state index in [1.807, 2.05) is 31.3 Å². The van der Waals surface area contributed by atoms with E-state index < -0.39 is 0 Å². The molecule has 0 saturated carbocycles. The van der Waals surface area contributed by atoms with E-state index in [1.165, 1.54) is 5.56 Å². The number of hydrogen-bond acceptors (Lipinski definition) is 2. The third kappa shape index (κ3) is 4.11. The Morgan fingerprint density at radius 3 is 2.44 bits per heavy atom. The summed E-state index contributed by atoms with van der Waals surface area (Å²) in [6.07, 6.45) is 2.05. The van der Waals surface area contributed by atoms with Gasteiger partial charge in [-0.25, -0.2) is 5.43 Å². The number of nitrogens with one attached hydrogen (secondary N) is 1. The fourth-order valence-electron chi connectivity index (χ4n) is 3.23. The minimum absolute atomic E-state index is 0.112. The summed E-state index contributed by atoms with van der Waals surface area (Å²) >= 11 is 0. The number of carbonyl (C=O) groups excluding carboxylic acids is 1. The predicted octanol–water partition coefficient (Wildman–Crippen LogP) is 4.48. The van der Waals surface area contributed by atoms with Crippen LogP contribution in [0.2, 0.25) is 0 Å². The minimum Gasteiger partial charge on any atom is -0.347 e. The average molecular weight is 361 g/mol. The van der Waals surface area contributed by atoms with Crippen molar-refractivity contribution >= 4 is 23.0 Å². The molecule has 3 rings (SSSR count). The fourth-order valence-corrected chi connectivity index (χ4v) is 3.23. The summed E-state index contributed by atoms with van der Waals surface area (Å²) in [6, 6.07) is 16.4. The Hall–Kier alpha value is -2.88. The SMILES string of the molecule is Cc1c(/C=N\NC(=O)Cc2ccc(C(C)(C)C)cc2)c2ccccc2n1C. The Bertz CT molecular complexity index is 989. The lowest BCUT2D eigenvalue weighted by Crippen LogP contribution is -2.20. The third-order valence-electron chi connectivity index (χ3n) is 5.02. The number of aryl methyl sites for hydroxylation is 1. The standard InChI is InChI=1S/C23H27N3O/c1-16-20(19-8-6-7-9-21(19)26(16)5)15-24-25-22(27)14-17-10-12-18(13-11-17)23(2,3)4/h6-13,15H,14H2,1-5H3,(H,25,27)/b24-15-. The first kappa shape index (κ1) is 18.9. The average Bonchev–Trinajstić information content (AvgIpc) is 2.87. The number of amides is 1. The molecule has 0 atom stereocenters. The topological polar surface area (TPSA) is 46.4 Å². The molecule has 140 valence electrons. The number of fused-ring (bicyclic) bond motifs is 1. The molecular formula is C23H27N3O. The van der Waals surface area contributed by atoms with E-state index in [9.17, 15) is 4.79 Å². The number of nitrogens with zero attached hydrogens (tertiary/aromatic N) is 2. The van der Waals surface area contributed by atoms with Crippen molar-refractivity contribution in [2.24, 2.45) is 12.1 Å². The summed E-state index contributed by atoms with van der Waals surface area (Å²) in [4.78, 5) is 12.2. The number of aromatic nitrogens is 1. The molecule has 0 radical (unpaired) electrons. The second-order valence-corrected chi connectivity index (χ2v) is 7.99. The van der Waals surface area contributed by atoms with Crippen LogP contribution in [-0.4, -0.2) is 16.7 Å². The molecule has 0 aliphatic carbocycles. The number of benzene rings is 2. The third-order valence-corrected chi connectivity index (χ3v) is 5.02. The molecular weight excluding hydrogens is 334 g/mol.